The molecular formula is C18H26ClN3O5. The van der Waals surface area contributed by atoms with Crippen molar-refractivity contribution in [2.24, 2.45) is 0 Å². The van der Waals surface area contributed by atoms with Crippen LogP contribution in [0.5, 0.6) is 0 Å². The van der Waals surface area contributed by atoms with Crippen molar-refractivity contribution < 1.29 is 19.2 Å². The number of ether oxygens (including phenoxy) is 1. The maximum Gasteiger partial charge on any atom is 0.407 e. The molecule has 1 aromatic carbocycles. The van der Waals surface area contributed by atoms with E-state index in [9.17, 15) is 19.7 Å². The molecule has 0 radical (unpaired) electrons. The number of nitro groups is 1. The van der Waals surface area contributed by atoms with Crippen LogP contribution in [0.2, 0.25) is 5.02 Å². The molecule has 1 aromatic rings. The van der Waals surface area contributed by atoms with E-state index in [0.29, 0.717) is 12.8 Å². The number of alkyl carbamates (subject to hydrolysis) is 1. The SMILES string of the molecule is CCC(CC)(CNC(=O)OC(C)(C)C)NC(=O)c1ccc(Cl)c([N+](=O)[O-])c1. The van der Waals surface area contributed by atoms with E-state index in [2.05, 4.69) is 10.6 Å². The maximum atomic E-state index is 12.6. The monoisotopic (exact) mass is 399 g/mol. The largest absolute Gasteiger partial charge is 0.444 e. The number of hydrogen-bond donors (Lipinski definition) is 2. The third-order valence-corrected chi connectivity index (χ3v) is 4.43. The number of rotatable bonds is 7. The lowest BCUT2D eigenvalue weighted by Crippen LogP contribution is -2.55. The molecule has 0 bridgehead atoms. The van der Waals surface area contributed by atoms with Gasteiger partial charge in [0.25, 0.3) is 11.6 Å². The van der Waals surface area contributed by atoms with Crippen LogP contribution < -0.4 is 10.6 Å². The normalized spacial score (nSPS) is 11.6. The molecule has 8 nitrogen and oxygen atoms in total. The van der Waals surface area contributed by atoms with Crippen LogP contribution in [-0.4, -0.2) is 34.6 Å². The highest BCUT2D eigenvalue weighted by atomic mass is 35.5. The minimum Gasteiger partial charge on any atom is -0.444 e. The van der Waals surface area contributed by atoms with Crippen LogP contribution in [0.4, 0.5) is 10.5 Å². The predicted octanol–water partition coefficient (Wildman–Crippen LogP) is 4.06. The molecule has 0 saturated heterocycles. The summed E-state index contributed by atoms with van der Waals surface area (Å²) in [6, 6.07) is 3.87. The van der Waals surface area contributed by atoms with Crippen molar-refractivity contribution in [1.82, 2.24) is 10.6 Å². The van der Waals surface area contributed by atoms with Crippen molar-refractivity contribution in [3.05, 3.63) is 38.9 Å². The van der Waals surface area contributed by atoms with Crippen molar-refractivity contribution in [3.8, 4) is 0 Å². The first kappa shape index (κ1) is 22.7. The second-order valence-electron chi connectivity index (χ2n) is 7.22. The maximum absolute atomic E-state index is 12.6. The number of nitrogens with zero attached hydrogens (tertiary/aromatic N) is 1. The lowest BCUT2D eigenvalue weighted by Gasteiger charge is -2.33. The summed E-state index contributed by atoms with van der Waals surface area (Å²) < 4.78 is 5.21. The molecule has 0 aromatic heterocycles. The molecule has 0 heterocycles. The van der Waals surface area contributed by atoms with Gasteiger partial charge in [-0.05, 0) is 45.7 Å². The third-order valence-electron chi connectivity index (χ3n) is 4.11. The Balaban J connectivity index is 2.92. The number of carbonyl (C=O) groups excluding carboxylic acids is 2. The zero-order chi connectivity index (χ0) is 20.8. The molecule has 27 heavy (non-hydrogen) atoms. The average Bonchev–Trinajstić information content (AvgIpc) is 2.57. The number of halogens is 1. The van der Waals surface area contributed by atoms with Crippen molar-refractivity contribution >= 4 is 29.3 Å². The second-order valence-corrected chi connectivity index (χ2v) is 7.63. The van der Waals surface area contributed by atoms with Crippen LogP contribution in [0.15, 0.2) is 18.2 Å². The van der Waals surface area contributed by atoms with E-state index in [1.807, 2.05) is 13.8 Å². The molecule has 0 saturated carbocycles. The summed E-state index contributed by atoms with van der Waals surface area (Å²) in [6.07, 6.45) is 0.506. The van der Waals surface area contributed by atoms with Crippen LogP contribution in [0.1, 0.15) is 57.8 Å². The first-order chi connectivity index (χ1) is 12.4. The Morgan fingerprint density at radius 3 is 2.30 bits per heavy atom. The fraction of sp³-hybridized carbons (Fsp3) is 0.556. The van der Waals surface area contributed by atoms with E-state index in [-0.39, 0.29) is 22.8 Å². The van der Waals surface area contributed by atoms with Crippen LogP contribution >= 0.6 is 11.6 Å². The van der Waals surface area contributed by atoms with Gasteiger partial charge in [0, 0.05) is 18.2 Å². The van der Waals surface area contributed by atoms with Gasteiger partial charge in [0.15, 0.2) is 0 Å². The second kappa shape index (κ2) is 9.03. The quantitative estimate of drug-likeness (QED) is 0.530. The van der Waals surface area contributed by atoms with Gasteiger partial charge in [0.05, 0.1) is 10.5 Å². The standard InChI is InChI=1S/C18H26ClN3O5/c1-6-18(7-2,11-20-16(24)27-17(3,4)5)21-15(23)12-8-9-13(19)14(10-12)22(25)26/h8-10H,6-7,11H2,1-5H3,(H,20,24)(H,21,23). The van der Waals surface area contributed by atoms with E-state index in [4.69, 9.17) is 16.3 Å². The smallest absolute Gasteiger partial charge is 0.407 e. The number of nitro benzene ring substituents is 1. The number of nitrogens with one attached hydrogen (secondary N) is 2. The van der Waals surface area contributed by atoms with Crippen LogP contribution in [0.3, 0.4) is 0 Å². The molecule has 2 N–H and O–H groups in total. The van der Waals surface area contributed by atoms with Gasteiger partial charge in [-0.3, -0.25) is 14.9 Å². The van der Waals surface area contributed by atoms with E-state index >= 15 is 0 Å². The molecule has 0 fully saturated rings. The minimum atomic E-state index is -0.720. The highest BCUT2D eigenvalue weighted by Gasteiger charge is 2.30. The van der Waals surface area contributed by atoms with Gasteiger partial charge in [-0.2, -0.15) is 0 Å². The van der Waals surface area contributed by atoms with Gasteiger partial charge in [-0.1, -0.05) is 25.4 Å². The number of benzene rings is 1. The first-order valence-corrected chi connectivity index (χ1v) is 9.04. The summed E-state index contributed by atoms with van der Waals surface area (Å²) in [5, 5.41) is 16.5. The van der Waals surface area contributed by atoms with Gasteiger partial charge in [0.1, 0.15) is 10.6 Å². The van der Waals surface area contributed by atoms with E-state index in [1.54, 1.807) is 20.8 Å². The Morgan fingerprint density at radius 2 is 1.81 bits per heavy atom. The number of carbonyl (C=O) groups is 2. The molecule has 9 heteroatoms. The molecule has 150 valence electrons. The highest BCUT2D eigenvalue weighted by Crippen LogP contribution is 2.25. The zero-order valence-corrected chi connectivity index (χ0v) is 17.0. The van der Waals surface area contributed by atoms with Gasteiger partial charge < -0.3 is 15.4 Å². The molecule has 0 atom stereocenters. The first-order valence-electron chi connectivity index (χ1n) is 8.66. The van der Waals surface area contributed by atoms with Crippen LogP contribution in [0, 0.1) is 10.1 Å². The van der Waals surface area contributed by atoms with Crippen LogP contribution in [-0.2, 0) is 4.74 Å². The molecule has 0 spiro atoms. The van der Waals surface area contributed by atoms with Crippen molar-refractivity contribution in [2.45, 2.75) is 58.6 Å². The van der Waals surface area contributed by atoms with Crippen molar-refractivity contribution in [1.29, 1.82) is 0 Å². The summed E-state index contributed by atoms with van der Waals surface area (Å²) in [7, 11) is 0. The van der Waals surface area contributed by atoms with E-state index < -0.39 is 28.1 Å². The topological polar surface area (TPSA) is 111 Å². The molecule has 0 unspecified atom stereocenters. The summed E-state index contributed by atoms with van der Waals surface area (Å²) in [5.74, 6) is -0.482. The van der Waals surface area contributed by atoms with Crippen molar-refractivity contribution in [2.75, 3.05) is 6.54 Å². The fourth-order valence-corrected chi connectivity index (χ4v) is 2.57. The van der Waals surface area contributed by atoms with Gasteiger partial charge in [-0.25, -0.2) is 4.79 Å². The number of amides is 2. The molecule has 2 amide bonds. The van der Waals surface area contributed by atoms with Gasteiger partial charge in [0.2, 0.25) is 0 Å². The van der Waals surface area contributed by atoms with Gasteiger partial charge in [-0.15, -0.1) is 0 Å². The Labute approximate surface area is 163 Å². The molecular weight excluding hydrogens is 374 g/mol. The Morgan fingerprint density at radius 1 is 1.22 bits per heavy atom. The lowest BCUT2D eigenvalue weighted by molar-refractivity contribution is -0.384. The van der Waals surface area contributed by atoms with E-state index in [1.165, 1.54) is 12.1 Å². The summed E-state index contributed by atoms with van der Waals surface area (Å²) in [5.41, 5.74) is -1.57. The van der Waals surface area contributed by atoms with Crippen LogP contribution in [0.25, 0.3) is 0 Å². The molecule has 1 rings (SSSR count). The van der Waals surface area contributed by atoms with Gasteiger partial charge >= 0.3 is 6.09 Å². The third kappa shape index (κ3) is 6.71. The summed E-state index contributed by atoms with van der Waals surface area (Å²) in [6.45, 7) is 9.20. The zero-order valence-electron chi connectivity index (χ0n) is 16.2. The summed E-state index contributed by atoms with van der Waals surface area (Å²) >= 11 is 5.79. The summed E-state index contributed by atoms with van der Waals surface area (Å²) in [4.78, 5) is 34.9. The Hall–Kier alpha value is -2.35. The fourth-order valence-electron chi connectivity index (χ4n) is 2.38. The average molecular weight is 400 g/mol. The molecule has 0 aliphatic carbocycles. The number of hydrogen-bond acceptors (Lipinski definition) is 5. The Kier molecular flexibility index (Phi) is 7.59. The Bertz CT molecular complexity index is 711. The highest BCUT2D eigenvalue weighted by molar-refractivity contribution is 6.32. The minimum absolute atomic E-state index is 0.0413. The molecule has 0 aliphatic rings. The molecule has 0 aliphatic heterocycles. The van der Waals surface area contributed by atoms with E-state index in [0.717, 1.165) is 6.07 Å². The van der Waals surface area contributed by atoms with Crippen molar-refractivity contribution in [3.63, 3.8) is 0 Å². The lowest BCUT2D eigenvalue weighted by atomic mass is 9.92. The predicted molar refractivity (Wildman–Crippen MR) is 103 cm³/mol.